The summed E-state index contributed by atoms with van der Waals surface area (Å²) in [5, 5.41) is 0. The van der Waals surface area contributed by atoms with Crippen LogP contribution < -0.4 is 9.80 Å². The molecule has 5 heteroatoms. The van der Waals surface area contributed by atoms with E-state index in [0.29, 0.717) is 5.92 Å². The number of fused-ring (bicyclic) bond motifs is 2. The van der Waals surface area contributed by atoms with Gasteiger partial charge in [0.1, 0.15) is 5.82 Å². The highest BCUT2D eigenvalue weighted by Gasteiger charge is 2.25. The highest BCUT2D eigenvalue weighted by Crippen LogP contribution is 2.36. The van der Waals surface area contributed by atoms with Gasteiger partial charge in [-0.05, 0) is 61.1 Å². The number of Topliss-reactive ketones (excluding diaryl/α,β-unsaturated/α-hetero) is 1. The molecule has 34 heavy (non-hydrogen) atoms. The van der Waals surface area contributed by atoms with E-state index in [2.05, 4.69) is 75.1 Å². The number of nitrogens with zero attached hydrogens (tertiary/aromatic N) is 4. The van der Waals surface area contributed by atoms with Crippen molar-refractivity contribution in [3.05, 3.63) is 83.6 Å². The van der Waals surface area contributed by atoms with Crippen molar-refractivity contribution in [2.75, 3.05) is 49.1 Å². The van der Waals surface area contributed by atoms with Crippen LogP contribution in [-0.4, -0.2) is 54.9 Å². The Labute approximate surface area is 203 Å². The summed E-state index contributed by atoms with van der Waals surface area (Å²) >= 11 is 0. The Kier molecular flexibility index (Phi) is 6.63. The molecule has 5 nitrogen and oxygen atoms in total. The number of ketones is 1. The Morgan fingerprint density at radius 3 is 2.09 bits per heavy atom. The summed E-state index contributed by atoms with van der Waals surface area (Å²) in [4.78, 5) is 23.9. The predicted octanol–water partition coefficient (Wildman–Crippen LogP) is 4.98. The largest absolute Gasteiger partial charge is 0.353 e. The lowest BCUT2D eigenvalue weighted by Gasteiger charge is -2.38. The number of anilines is 3. The van der Waals surface area contributed by atoms with Crippen LogP contribution >= 0.6 is 0 Å². The summed E-state index contributed by atoms with van der Waals surface area (Å²) in [6.07, 6.45) is 3.97. The molecular formula is C29H34N4O. The minimum atomic E-state index is 0.0807. The topological polar surface area (TPSA) is 39.7 Å². The molecule has 1 unspecified atom stereocenters. The Morgan fingerprint density at radius 1 is 0.853 bits per heavy atom. The summed E-state index contributed by atoms with van der Waals surface area (Å²) in [6.45, 7) is 9.85. The van der Waals surface area contributed by atoms with Gasteiger partial charge in [-0.25, -0.2) is 4.98 Å². The van der Waals surface area contributed by atoms with E-state index in [1.54, 1.807) is 13.1 Å². The van der Waals surface area contributed by atoms with Gasteiger partial charge in [-0.1, -0.05) is 43.3 Å². The third-order valence-corrected chi connectivity index (χ3v) is 7.13. The second kappa shape index (κ2) is 9.98. The van der Waals surface area contributed by atoms with Gasteiger partial charge in [0, 0.05) is 56.8 Å². The first-order valence-electron chi connectivity index (χ1n) is 12.5. The molecule has 2 aromatic carbocycles. The second-order valence-electron chi connectivity index (χ2n) is 9.69. The summed E-state index contributed by atoms with van der Waals surface area (Å²) < 4.78 is 0. The number of para-hydroxylation sites is 2. The molecule has 0 aliphatic carbocycles. The first kappa shape index (κ1) is 22.6. The number of hydrogen-bond donors (Lipinski definition) is 0. The van der Waals surface area contributed by atoms with Crippen LogP contribution in [0.1, 0.15) is 35.3 Å². The molecule has 5 rings (SSSR count). The van der Waals surface area contributed by atoms with Gasteiger partial charge in [0.15, 0.2) is 5.78 Å². The normalized spacial score (nSPS) is 17.0. The van der Waals surface area contributed by atoms with E-state index in [4.69, 9.17) is 0 Å². The predicted molar refractivity (Wildman–Crippen MR) is 139 cm³/mol. The first-order valence-corrected chi connectivity index (χ1v) is 12.5. The second-order valence-corrected chi connectivity index (χ2v) is 9.69. The Balaban J connectivity index is 1.26. The van der Waals surface area contributed by atoms with E-state index in [-0.39, 0.29) is 5.78 Å². The lowest BCUT2D eigenvalue weighted by Crippen LogP contribution is -2.49. The van der Waals surface area contributed by atoms with E-state index in [1.807, 2.05) is 12.1 Å². The quantitative estimate of drug-likeness (QED) is 0.491. The minimum Gasteiger partial charge on any atom is -0.353 e. The van der Waals surface area contributed by atoms with Gasteiger partial charge in [0.25, 0.3) is 0 Å². The zero-order chi connectivity index (χ0) is 23.5. The van der Waals surface area contributed by atoms with Gasteiger partial charge in [-0.3, -0.25) is 9.69 Å². The fourth-order valence-corrected chi connectivity index (χ4v) is 5.44. The van der Waals surface area contributed by atoms with Crippen molar-refractivity contribution in [2.24, 2.45) is 5.92 Å². The van der Waals surface area contributed by atoms with Crippen LogP contribution in [0.15, 0.2) is 66.9 Å². The van der Waals surface area contributed by atoms with Crippen molar-refractivity contribution < 1.29 is 4.79 Å². The highest BCUT2D eigenvalue weighted by atomic mass is 16.1. The molecule has 0 radical (unpaired) electrons. The molecule has 0 amide bonds. The molecule has 176 valence electrons. The Bertz CT molecular complexity index is 1100. The molecule has 0 N–H and O–H groups in total. The van der Waals surface area contributed by atoms with Crippen LogP contribution in [0.5, 0.6) is 0 Å². The van der Waals surface area contributed by atoms with E-state index < -0.39 is 0 Å². The molecule has 1 atom stereocenters. The third-order valence-electron chi connectivity index (χ3n) is 7.13. The van der Waals surface area contributed by atoms with Crippen molar-refractivity contribution in [2.45, 2.75) is 26.7 Å². The average Bonchev–Trinajstić information content (AvgIpc) is 3.02. The van der Waals surface area contributed by atoms with E-state index in [9.17, 15) is 4.79 Å². The molecule has 1 fully saturated rings. The maximum Gasteiger partial charge on any atom is 0.163 e. The highest BCUT2D eigenvalue weighted by molar-refractivity contribution is 5.98. The number of pyridine rings is 1. The van der Waals surface area contributed by atoms with E-state index in [1.165, 1.54) is 22.5 Å². The monoisotopic (exact) mass is 454 g/mol. The Hall–Kier alpha value is -3.18. The molecule has 0 spiro atoms. The zero-order valence-electron chi connectivity index (χ0n) is 20.3. The number of benzene rings is 2. The molecule has 0 saturated carbocycles. The maximum absolute atomic E-state index is 12.0. The molecule has 1 saturated heterocycles. The summed E-state index contributed by atoms with van der Waals surface area (Å²) in [5.41, 5.74) is 6.32. The first-order chi connectivity index (χ1) is 16.6. The fraction of sp³-hybridized carbons (Fsp3) is 0.379. The smallest absolute Gasteiger partial charge is 0.163 e. The summed E-state index contributed by atoms with van der Waals surface area (Å²) in [6, 6.07) is 21.5. The van der Waals surface area contributed by atoms with Gasteiger partial charge >= 0.3 is 0 Å². The molecular weight excluding hydrogens is 420 g/mol. The molecule has 2 aliphatic heterocycles. The lowest BCUT2D eigenvalue weighted by molar-refractivity contribution is 0.101. The summed E-state index contributed by atoms with van der Waals surface area (Å²) in [5.74, 6) is 1.44. The van der Waals surface area contributed by atoms with Gasteiger partial charge in [-0.2, -0.15) is 0 Å². The minimum absolute atomic E-state index is 0.0807. The van der Waals surface area contributed by atoms with Crippen LogP contribution in [-0.2, 0) is 12.8 Å². The van der Waals surface area contributed by atoms with E-state index in [0.717, 1.165) is 63.5 Å². The zero-order valence-corrected chi connectivity index (χ0v) is 20.3. The van der Waals surface area contributed by atoms with Gasteiger partial charge < -0.3 is 9.80 Å². The molecule has 3 heterocycles. The number of hydrogen-bond acceptors (Lipinski definition) is 5. The SMILES string of the molecule is CC(=O)c1cccnc1N1CCN(CC(C)CN2c3ccccc3CCc3ccccc32)CC1. The molecule has 3 aromatic rings. The standard InChI is InChI=1S/C29H34N4O/c1-22(20-31-16-18-32(19-17-31)29-26(23(2)34)10-7-15-30-29)21-33-27-11-5-3-8-24(27)13-14-25-9-4-6-12-28(25)33/h3-12,15,22H,13-14,16-21H2,1-2H3. The van der Waals surface area contributed by atoms with Crippen molar-refractivity contribution in [1.82, 2.24) is 9.88 Å². The van der Waals surface area contributed by atoms with Crippen LogP contribution in [0.3, 0.4) is 0 Å². The number of piperazine rings is 1. The fourth-order valence-electron chi connectivity index (χ4n) is 5.44. The van der Waals surface area contributed by atoms with Gasteiger partial charge in [0.2, 0.25) is 0 Å². The van der Waals surface area contributed by atoms with Crippen molar-refractivity contribution in [3.8, 4) is 0 Å². The number of rotatable bonds is 6. The molecule has 0 bridgehead atoms. The molecule has 1 aromatic heterocycles. The van der Waals surface area contributed by atoms with Crippen LogP contribution in [0.2, 0.25) is 0 Å². The maximum atomic E-state index is 12.0. The summed E-state index contributed by atoms with van der Waals surface area (Å²) in [7, 11) is 0. The van der Waals surface area contributed by atoms with Crippen LogP contribution in [0, 0.1) is 5.92 Å². The van der Waals surface area contributed by atoms with Crippen molar-refractivity contribution in [3.63, 3.8) is 0 Å². The van der Waals surface area contributed by atoms with Gasteiger partial charge in [-0.15, -0.1) is 0 Å². The van der Waals surface area contributed by atoms with Crippen molar-refractivity contribution in [1.29, 1.82) is 0 Å². The third kappa shape index (κ3) is 4.71. The number of aryl methyl sites for hydroxylation is 2. The van der Waals surface area contributed by atoms with E-state index >= 15 is 0 Å². The van der Waals surface area contributed by atoms with Crippen molar-refractivity contribution >= 4 is 23.0 Å². The van der Waals surface area contributed by atoms with Gasteiger partial charge in [0.05, 0.1) is 5.56 Å². The molecule has 2 aliphatic rings. The lowest BCUT2D eigenvalue weighted by atomic mass is 10.0. The average molecular weight is 455 g/mol. The number of carbonyl (C=O) groups is 1. The van der Waals surface area contributed by atoms with Crippen LogP contribution in [0.25, 0.3) is 0 Å². The number of carbonyl (C=O) groups excluding carboxylic acids is 1. The Morgan fingerprint density at radius 2 is 1.47 bits per heavy atom. The number of aromatic nitrogens is 1. The van der Waals surface area contributed by atoms with Crippen LogP contribution in [0.4, 0.5) is 17.2 Å².